The minimum absolute atomic E-state index is 0.0322. The predicted molar refractivity (Wildman–Crippen MR) is 246 cm³/mol. The molecule has 0 N–H and O–H groups in total. The lowest BCUT2D eigenvalue weighted by Crippen LogP contribution is -2.67. The molecule has 2 aromatic rings. The molecule has 0 aliphatic rings. The van der Waals surface area contributed by atoms with Crippen LogP contribution in [-0.4, -0.2) is 107 Å². The second-order valence-corrected chi connectivity index (χ2v) is 20.5. The summed E-state index contributed by atoms with van der Waals surface area (Å²) in [5, 5.41) is 2.24. The molecule has 0 amide bonds. The maximum atomic E-state index is 12.3. The first-order chi connectivity index (χ1) is 29.3. The van der Waals surface area contributed by atoms with Crippen molar-refractivity contribution < 1.29 is 51.9 Å². The van der Waals surface area contributed by atoms with Crippen LogP contribution in [0.2, 0.25) is 5.04 Å². The van der Waals surface area contributed by atoms with Gasteiger partial charge in [0.25, 0.3) is 8.32 Å². The molecule has 0 saturated carbocycles. The number of carbonyl (C=O) groups is 2. The fraction of sp³-hybridized carbons (Fsp3) is 0.592. The summed E-state index contributed by atoms with van der Waals surface area (Å²) < 4.78 is 51.2. The van der Waals surface area contributed by atoms with Gasteiger partial charge in [-0.1, -0.05) is 114 Å². The van der Waals surface area contributed by atoms with Gasteiger partial charge in [-0.3, -0.25) is 9.59 Å². The minimum Gasteiger partial charge on any atom is -0.465 e. The number of methoxy groups -OCH3 is 4. The van der Waals surface area contributed by atoms with Gasteiger partial charge >= 0.3 is 11.9 Å². The normalized spacial score (nSPS) is 14.6. The van der Waals surface area contributed by atoms with Crippen LogP contribution in [0.4, 0.5) is 0 Å². The van der Waals surface area contributed by atoms with Crippen molar-refractivity contribution in [3.05, 3.63) is 98.6 Å². The van der Waals surface area contributed by atoms with Gasteiger partial charge < -0.3 is 42.3 Å². The number of carbonyl (C=O) groups excluding carboxylic acids is 2. The van der Waals surface area contributed by atoms with Crippen LogP contribution in [0.1, 0.15) is 86.0 Å². The molecule has 6 atom stereocenters. The van der Waals surface area contributed by atoms with E-state index in [1.165, 1.54) is 10.4 Å². The van der Waals surface area contributed by atoms with E-state index < -0.39 is 20.5 Å². The van der Waals surface area contributed by atoms with Crippen LogP contribution in [0.3, 0.4) is 0 Å². The van der Waals surface area contributed by atoms with Crippen molar-refractivity contribution >= 4 is 30.6 Å². The van der Waals surface area contributed by atoms with Gasteiger partial charge in [0.1, 0.15) is 25.8 Å². The lowest BCUT2D eigenvalue weighted by molar-refractivity contribution is -0.162. The Kier molecular flexibility index (Phi) is 29.4. The Morgan fingerprint density at radius 2 is 1.08 bits per heavy atom. The third-order valence-corrected chi connectivity index (χ3v) is 15.4. The van der Waals surface area contributed by atoms with Gasteiger partial charge in [-0.2, -0.15) is 0 Å². The zero-order chi connectivity index (χ0) is 45.5. The maximum Gasteiger partial charge on any atom is 0.305 e. The van der Waals surface area contributed by atoms with Crippen molar-refractivity contribution in [2.24, 2.45) is 11.8 Å². The Bertz CT molecular complexity index is 1430. The summed E-state index contributed by atoms with van der Waals surface area (Å²) in [7, 11) is 3.65. The van der Waals surface area contributed by atoms with E-state index in [1.807, 2.05) is 38.1 Å². The first-order valence-electron chi connectivity index (χ1n) is 21.5. The van der Waals surface area contributed by atoms with E-state index in [0.717, 1.165) is 38.5 Å². The molecule has 0 heterocycles. The Balaban J connectivity index is 0.000000719. The number of esters is 2. The highest BCUT2D eigenvalue weighted by molar-refractivity contribution is 6.99. The average Bonchev–Trinajstić information content (AvgIpc) is 3.26. The van der Waals surface area contributed by atoms with Crippen molar-refractivity contribution in [3.63, 3.8) is 0 Å². The molecule has 0 aliphatic carbocycles. The summed E-state index contributed by atoms with van der Waals surface area (Å²) in [4.78, 5) is 24.0. The Hall–Kier alpha value is -3.46. The Labute approximate surface area is 369 Å². The van der Waals surface area contributed by atoms with Crippen molar-refractivity contribution in [1.82, 2.24) is 0 Å². The largest absolute Gasteiger partial charge is 0.465 e. The highest BCUT2D eigenvalue weighted by Gasteiger charge is 2.51. The number of hydrogen-bond acceptors (Lipinski definition) is 11. The number of unbranched alkanes of at least 4 members (excludes halogenated alkanes) is 4. The van der Waals surface area contributed by atoms with Crippen molar-refractivity contribution in [2.75, 3.05) is 61.8 Å². The van der Waals surface area contributed by atoms with E-state index >= 15 is 0 Å². The number of allylic oxidation sites excluding steroid dienone is 2. The van der Waals surface area contributed by atoms with Gasteiger partial charge in [0, 0.05) is 53.1 Å². The molecular weight excluding hydrogens is 793 g/mol. The smallest absolute Gasteiger partial charge is 0.305 e. The van der Waals surface area contributed by atoms with Crippen LogP contribution < -0.4 is 10.4 Å². The Morgan fingerprint density at radius 1 is 0.639 bits per heavy atom. The summed E-state index contributed by atoms with van der Waals surface area (Å²) in [5.41, 5.74) is 0. The van der Waals surface area contributed by atoms with Crippen molar-refractivity contribution in [2.45, 2.75) is 115 Å². The quantitative estimate of drug-likeness (QED) is 0.0231. The monoisotopic (exact) mass is 871 g/mol. The SMILES string of the molecule is C=CCCCCC(=O)OC[C@@H](C)[C@H](OCOC)[C@H](C=C)OC.C=CCCCCC(=O)OC[C@@H](C)[C@H](OCOC)[C@H](CO[Si](c1ccccc1)(c1ccccc1)C(C)(C)C)OC. The topological polar surface area (TPSA) is 117 Å². The molecule has 11 nitrogen and oxygen atoms in total. The number of ether oxygens (including phenoxy) is 8. The molecule has 0 aromatic heterocycles. The zero-order valence-corrected chi connectivity index (χ0v) is 39.8. The van der Waals surface area contributed by atoms with Crippen LogP contribution in [0.25, 0.3) is 0 Å². The molecule has 0 aliphatic heterocycles. The second-order valence-electron chi connectivity index (χ2n) is 16.1. The van der Waals surface area contributed by atoms with Gasteiger partial charge in [-0.05, 0) is 53.9 Å². The third kappa shape index (κ3) is 20.1. The Morgan fingerprint density at radius 3 is 1.46 bits per heavy atom. The molecule has 2 rings (SSSR count). The van der Waals surface area contributed by atoms with Gasteiger partial charge in [-0.15, -0.1) is 19.7 Å². The van der Waals surface area contributed by atoms with Crippen LogP contribution in [-0.2, 0) is 51.9 Å². The van der Waals surface area contributed by atoms with E-state index in [1.54, 1.807) is 34.5 Å². The molecule has 61 heavy (non-hydrogen) atoms. The predicted octanol–water partition coefficient (Wildman–Crippen LogP) is 8.60. The van der Waals surface area contributed by atoms with E-state index in [9.17, 15) is 9.59 Å². The van der Waals surface area contributed by atoms with E-state index in [4.69, 9.17) is 42.3 Å². The molecule has 0 bridgehead atoms. The summed E-state index contributed by atoms with van der Waals surface area (Å²) in [5.74, 6) is -0.553. The van der Waals surface area contributed by atoms with Crippen LogP contribution in [0.5, 0.6) is 0 Å². The summed E-state index contributed by atoms with van der Waals surface area (Å²) >= 11 is 0. The molecule has 344 valence electrons. The molecule has 0 fully saturated rings. The van der Waals surface area contributed by atoms with Crippen LogP contribution >= 0.6 is 0 Å². The highest BCUT2D eigenvalue weighted by Crippen LogP contribution is 2.37. The first-order valence-corrected chi connectivity index (χ1v) is 23.4. The summed E-state index contributed by atoms with van der Waals surface area (Å²) in [6, 6.07) is 21.0. The second kappa shape index (κ2) is 32.2. The van der Waals surface area contributed by atoms with Crippen LogP contribution in [0, 0.1) is 11.8 Å². The molecule has 0 spiro atoms. The summed E-state index contributed by atoms with van der Waals surface area (Å²) in [6.07, 6.45) is 10.2. The standard InChI is InChI=1S/C32H48O6Si.C17H30O5/c1-8-9-10-17-22-30(33)36-23-26(2)31(37-25-34-6)29(35-7)24-38-39(32(3,4)5,27-18-13-11-14-19-27)28-20-15-12-16-21-28;1-6-8-9-10-11-16(18)21-12-14(3)17(22-13-19-4)15(7-2)20-5/h8,11-16,18-21,26,29,31H,1,9-10,17,22-25H2,2-7H3;6-7,14-15,17H,1-2,8-13H2,3-5H3/t26-,29+,31+;14-,15+,17+/m11/s1. The lowest BCUT2D eigenvalue weighted by atomic mass is 10.0. The molecule has 0 radical (unpaired) electrons. The molecule has 0 saturated heterocycles. The van der Waals surface area contributed by atoms with E-state index in [2.05, 4.69) is 89.0 Å². The first kappa shape index (κ1) is 55.6. The highest BCUT2D eigenvalue weighted by atomic mass is 28.4. The van der Waals surface area contributed by atoms with Gasteiger partial charge in [0.2, 0.25) is 0 Å². The molecule has 0 unspecified atom stereocenters. The number of hydrogen-bond donors (Lipinski definition) is 0. The lowest BCUT2D eigenvalue weighted by Gasteiger charge is -2.44. The molecule has 2 aromatic carbocycles. The van der Waals surface area contributed by atoms with Crippen LogP contribution in [0.15, 0.2) is 98.6 Å². The summed E-state index contributed by atoms with van der Waals surface area (Å²) in [6.45, 7) is 22.9. The zero-order valence-electron chi connectivity index (χ0n) is 38.8. The fourth-order valence-electron chi connectivity index (χ4n) is 7.04. The van der Waals surface area contributed by atoms with Crippen molar-refractivity contribution in [3.8, 4) is 0 Å². The fourth-order valence-corrected chi connectivity index (χ4v) is 11.6. The average molecular weight is 871 g/mol. The van der Waals surface area contributed by atoms with Crippen molar-refractivity contribution in [1.29, 1.82) is 0 Å². The number of benzene rings is 2. The number of rotatable bonds is 32. The minimum atomic E-state index is -2.76. The van der Waals surface area contributed by atoms with Gasteiger partial charge in [0.05, 0.1) is 32.0 Å². The van der Waals surface area contributed by atoms with E-state index in [0.29, 0.717) is 19.4 Å². The van der Waals surface area contributed by atoms with E-state index in [-0.39, 0.29) is 67.8 Å². The molecular formula is C49H78O11Si. The van der Waals surface area contributed by atoms with Gasteiger partial charge in [0.15, 0.2) is 0 Å². The van der Waals surface area contributed by atoms with Gasteiger partial charge in [-0.25, -0.2) is 0 Å². The third-order valence-electron chi connectivity index (χ3n) is 10.3. The molecule has 12 heteroatoms. The maximum absolute atomic E-state index is 12.3.